The maximum Gasteiger partial charge on any atom is 0.373 e. The van der Waals surface area contributed by atoms with Crippen LogP contribution in [0.15, 0.2) is 11.9 Å². The topological polar surface area (TPSA) is 26.3 Å². The minimum Gasteiger partial charge on any atom is -0.453 e. The Morgan fingerprint density at radius 1 is 1.15 bits per heavy atom. The second kappa shape index (κ2) is 4.78. The first kappa shape index (κ1) is 14.0. The Bertz CT molecular complexity index is 442. The van der Waals surface area contributed by atoms with Crippen molar-refractivity contribution in [2.45, 2.75) is 51.0 Å². The number of ether oxygens (including phenoxy) is 1. The first-order valence-electron chi connectivity index (χ1n) is 7.39. The predicted molar refractivity (Wildman–Crippen MR) is 66.5 cm³/mol. The zero-order valence-electron chi connectivity index (χ0n) is 11.5. The standard InChI is InChI=1S/C15H19F3O2/c1-2-11-10-4-8-3-9(5-10)7-15(11,6-8)20-14(19)12(16)13(17)18/h8-11H,2-7H2,1H3. The molecule has 5 heteroatoms. The molecule has 0 aromatic heterocycles. The van der Waals surface area contributed by atoms with Gasteiger partial charge in [0.05, 0.1) is 0 Å². The predicted octanol–water partition coefficient (Wildman–Crippen LogP) is 4.21. The fourth-order valence-corrected chi connectivity index (χ4v) is 5.24. The van der Waals surface area contributed by atoms with Crippen molar-refractivity contribution in [2.75, 3.05) is 0 Å². The van der Waals surface area contributed by atoms with Crippen molar-refractivity contribution in [1.29, 1.82) is 0 Å². The van der Waals surface area contributed by atoms with E-state index in [1.165, 1.54) is 0 Å². The van der Waals surface area contributed by atoms with Crippen molar-refractivity contribution in [3.8, 4) is 0 Å². The molecule has 0 radical (unpaired) electrons. The molecule has 4 rings (SSSR count). The van der Waals surface area contributed by atoms with Crippen LogP contribution in [-0.4, -0.2) is 11.6 Å². The lowest BCUT2D eigenvalue weighted by Crippen LogP contribution is -2.59. The van der Waals surface area contributed by atoms with Gasteiger partial charge in [-0.15, -0.1) is 0 Å². The van der Waals surface area contributed by atoms with Crippen LogP contribution in [0.4, 0.5) is 13.2 Å². The van der Waals surface area contributed by atoms with Gasteiger partial charge in [-0.05, 0) is 56.3 Å². The maximum atomic E-state index is 13.1. The molecule has 0 heterocycles. The second-order valence-corrected chi connectivity index (χ2v) is 6.65. The molecule has 4 aliphatic rings. The van der Waals surface area contributed by atoms with Crippen molar-refractivity contribution >= 4 is 5.97 Å². The third-order valence-electron chi connectivity index (χ3n) is 5.53. The first-order chi connectivity index (χ1) is 9.45. The van der Waals surface area contributed by atoms with E-state index in [-0.39, 0.29) is 5.92 Å². The summed E-state index contributed by atoms with van der Waals surface area (Å²) in [6.07, 6.45) is 3.11. The van der Waals surface area contributed by atoms with Gasteiger partial charge in [0, 0.05) is 5.92 Å². The Kier molecular flexibility index (Phi) is 3.33. The summed E-state index contributed by atoms with van der Waals surface area (Å²) in [6.45, 7) is 2.03. The highest BCUT2D eigenvalue weighted by atomic mass is 19.3. The summed E-state index contributed by atoms with van der Waals surface area (Å²) < 4.78 is 42.9. The Morgan fingerprint density at radius 3 is 2.25 bits per heavy atom. The first-order valence-corrected chi connectivity index (χ1v) is 7.39. The van der Waals surface area contributed by atoms with Crippen LogP contribution in [0.3, 0.4) is 0 Å². The van der Waals surface area contributed by atoms with Crippen LogP contribution in [0.25, 0.3) is 0 Å². The summed E-state index contributed by atoms with van der Waals surface area (Å²) in [7, 11) is 0. The summed E-state index contributed by atoms with van der Waals surface area (Å²) in [4.78, 5) is 11.6. The van der Waals surface area contributed by atoms with E-state index >= 15 is 0 Å². The molecule has 2 nitrogen and oxygen atoms in total. The number of esters is 1. The number of hydrogen-bond acceptors (Lipinski definition) is 2. The summed E-state index contributed by atoms with van der Waals surface area (Å²) in [5, 5.41) is 0. The van der Waals surface area contributed by atoms with E-state index in [1.807, 2.05) is 6.92 Å². The van der Waals surface area contributed by atoms with Gasteiger partial charge in [0.15, 0.2) is 0 Å². The van der Waals surface area contributed by atoms with Crippen molar-refractivity contribution in [3.63, 3.8) is 0 Å². The van der Waals surface area contributed by atoms with E-state index in [0.717, 1.165) is 25.7 Å². The van der Waals surface area contributed by atoms with E-state index in [1.54, 1.807) is 0 Å². The lowest BCUT2D eigenvalue weighted by atomic mass is 9.49. The van der Waals surface area contributed by atoms with Crippen LogP contribution >= 0.6 is 0 Å². The Balaban J connectivity index is 1.86. The molecule has 0 N–H and O–H groups in total. The van der Waals surface area contributed by atoms with Crippen LogP contribution in [0, 0.1) is 23.7 Å². The molecule has 0 aromatic carbocycles. The molecule has 20 heavy (non-hydrogen) atoms. The molecular weight excluding hydrogens is 269 g/mol. The molecule has 4 bridgehead atoms. The van der Waals surface area contributed by atoms with Gasteiger partial charge in [-0.2, -0.15) is 13.2 Å². The van der Waals surface area contributed by atoms with Gasteiger partial charge < -0.3 is 4.74 Å². The number of halogens is 3. The van der Waals surface area contributed by atoms with Gasteiger partial charge in [0.1, 0.15) is 5.60 Å². The number of carbonyl (C=O) groups is 1. The summed E-state index contributed by atoms with van der Waals surface area (Å²) in [5.41, 5.74) is -0.701. The highest BCUT2D eigenvalue weighted by Gasteiger charge is 2.58. The smallest absolute Gasteiger partial charge is 0.373 e. The molecular formula is C15H19F3O2. The van der Waals surface area contributed by atoms with E-state index in [9.17, 15) is 18.0 Å². The summed E-state index contributed by atoms with van der Waals surface area (Å²) in [5.74, 6) is -1.81. The largest absolute Gasteiger partial charge is 0.453 e. The molecule has 0 aromatic rings. The number of hydrogen-bond donors (Lipinski definition) is 0. The fraction of sp³-hybridized carbons (Fsp3) is 0.800. The zero-order chi connectivity index (χ0) is 14.5. The summed E-state index contributed by atoms with van der Waals surface area (Å²) >= 11 is 0. The van der Waals surface area contributed by atoms with Crippen LogP contribution < -0.4 is 0 Å². The second-order valence-electron chi connectivity index (χ2n) is 6.65. The lowest BCUT2D eigenvalue weighted by molar-refractivity contribution is -0.206. The van der Waals surface area contributed by atoms with E-state index in [4.69, 9.17) is 4.74 Å². The molecule has 3 atom stereocenters. The highest BCUT2D eigenvalue weighted by Crippen LogP contribution is 2.60. The molecule has 4 aliphatic carbocycles. The van der Waals surface area contributed by atoms with Gasteiger partial charge in [-0.3, -0.25) is 0 Å². The zero-order valence-corrected chi connectivity index (χ0v) is 11.5. The monoisotopic (exact) mass is 288 g/mol. The SMILES string of the molecule is CCC1C2CC3CC(C2)CC1(OC(=O)C(F)=C(F)F)C3. The number of carbonyl (C=O) groups excluding carboxylic acids is 1. The Hall–Kier alpha value is -1.00. The van der Waals surface area contributed by atoms with Crippen LogP contribution in [-0.2, 0) is 9.53 Å². The average molecular weight is 288 g/mol. The highest BCUT2D eigenvalue weighted by molar-refractivity contribution is 5.86. The molecule has 4 fully saturated rings. The molecule has 0 spiro atoms. The van der Waals surface area contributed by atoms with Crippen molar-refractivity contribution in [3.05, 3.63) is 11.9 Å². The maximum absolute atomic E-state index is 13.1. The Labute approximate surface area is 116 Å². The van der Waals surface area contributed by atoms with E-state index in [2.05, 4.69) is 0 Å². The molecule has 3 unspecified atom stereocenters. The van der Waals surface area contributed by atoms with E-state index < -0.39 is 23.5 Å². The van der Waals surface area contributed by atoms with Gasteiger partial charge in [-0.25, -0.2) is 4.79 Å². The minimum absolute atomic E-state index is 0.190. The average Bonchev–Trinajstić information content (AvgIpc) is 2.36. The van der Waals surface area contributed by atoms with Gasteiger partial charge in [0.25, 0.3) is 5.83 Å². The number of rotatable bonds is 3. The van der Waals surface area contributed by atoms with Crippen molar-refractivity contribution in [1.82, 2.24) is 0 Å². The van der Waals surface area contributed by atoms with Crippen LogP contribution in [0.5, 0.6) is 0 Å². The van der Waals surface area contributed by atoms with Gasteiger partial charge in [0.2, 0.25) is 0 Å². The van der Waals surface area contributed by atoms with Crippen molar-refractivity contribution < 1.29 is 22.7 Å². The molecule has 4 saturated carbocycles. The van der Waals surface area contributed by atoms with Crippen molar-refractivity contribution in [2.24, 2.45) is 23.7 Å². The molecule has 0 aliphatic heterocycles. The van der Waals surface area contributed by atoms with Gasteiger partial charge in [-0.1, -0.05) is 6.92 Å². The van der Waals surface area contributed by atoms with Crippen LogP contribution in [0.1, 0.15) is 45.4 Å². The minimum atomic E-state index is -2.59. The third-order valence-corrected chi connectivity index (χ3v) is 5.53. The van der Waals surface area contributed by atoms with Crippen LogP contribution in [0.2, 0.25) is 0 Å². The summed E-state index contributed by atoms with van der Waals surface area (Å²) in [6, 6.07) is 0. The molecule has 0 amide bonds. The third kappa shape index (κ3) is 2.06. The lowest BCUT2D eigenvalue weighted by Gasteiger charge is -2.60. The fourth-order valence-electron chi connectivity index (χ4n) is 5.24. The Morgan fingerprint density at radius 2 is 1.75 bits per heavy atom. The van der Waals surface area contributed by atoms with E-state index in [0.29, 0.717) is 30.6 Å². The quantitative estimate of drug-likeness (QED) is 0.574. The van der Waals surface area contributed by atoms with Gasteiger partial charge >= 0.3 is 12.0 Å². The molecule has 112 valence electrons. The molecule has 0 saturated heterocycles. The normalized spacial score (nSPS) is 41.6.